The van der Waals surface area contributed by atoms with Crippen LogP contribution < -0.4 is 5.32 Å². The van der Waals surface area contributed by atoms with E-state index in [1.165, 1.54) is 0 Å². The first-order valence-electron chi connectivity index (χ1n) is 5.12. The zero-order chi connectivity index (χ0) is 12.4. The van der Waals surface area contributed by atoms with Crippen molar-refractivity contribution in [3.8, 4) is 0 Å². The maximum atomic E-state index is 10.3. The van der Waals surface area contributed by atoms with Gasteiger partial charge in [-0.25, -0.2) is 0 Å². The molecule has 1 amide bonds. The summed E-state index contributed by atoms with van der Waals surface area (Å²) < 4.78 is 4.24. The first-order chi connectivity index (χ1) is 7.56. The molecule has 0 saturated carbocycles. The Bertz CT molecular complexity index is 241. The van der Waals surface area contributed by atoms with Crippen LogP contribution in [0.5, 0.6) is 0 Å². The number of ether oxygens (including phenoxy) is 1. The molecule has 0 radical (unpaired) electrons. The summed E-state index contributed by atoms with van der Waals surface area (Å²) in [6, 6.07) is 0.424. The fourth-order valence-corrected chi connectivity index (χ4v) is 1.12. The molecule has 1 heterocycles. The predicted molar refractivity (Wildman–Crippen MR) is 55.7 cm³/mol. The first-order valence-corrected chi connectivity index (χ1v) is 5.12. The van der Waals surface area contributed by atoms with E-state index < -0.39 is 5.97 Å². The third-order valence-electron chi connectivity index (χ3n) is 1.93. The molecule has 1 fully saturated rings. The second-order valence-corrected chi connectivity index (χ2v) is 3.47. The lowest BCUT2D eigenvalue weighted by molar-refractivity contribution is -0.138. The van der Waals surface area contributed by atoms with E-state index in [4.69, 9.17) is 5.11 Å². The summed E-state index contributed by atoms with van der Waals surface area (Å²) >= 11 is 0. The molecule has 0 bridgehead atoms. The molecule has 1 saturated heterocycles. The molecule has 0 aliphatic carbocycles. The van der Waals surface area contributed by atoms with Crippen LogP contribution in [0.2, 0.25) is 0 Å². The van der Waals surface area contributed by atoms with Gasteiger partial charge in [-0.1, -0.05) is 0 Å². The molecule has 2 N–H and O–H groups in total. The second kappa shape index (κ2) is 8.70. The number of rotatable bonds is 5. The minimum Gasteiger partial charge on any atom is -0.481 e. The molecule has 16 heavy (non-hydrogen) atoms. The summed E-state index contributed by atoms with van der Waals surface area (Å²) in [7, 11) is 0. The number of nitrogens with one attached hydrogen (secondary N) is 1. The van der Waals surface area contributed by atoms with Gasteiger partial charge in [0.05, 0.1) is 6.61 Å². The van der Waals surface area contributed by atoms with Crippen LogP contribution in [0.25, 0.3) is 0 Å². The van der Waals surface area contributed by atoms with Crippen LogP contribution in [0, 0.1) is 0 Å². The van der Waals surface area contributed by atoms with Crippen LogP contribution in [-0.4, -0.2) is 36.1 Å². The molecule has 1 rings (SSSR count). The number of hydrogen-bond donors (Lipinski definition) is 2. The highest BCUT2D eigenvalue weighted by Gasteiger charge is 2.14. The van der Waals surface area contributed by atoms with Gasteiger partial charge in [-0.2, -0.15) is 0 Å². The number of carbonyl (C=O) groups excluding carboxylic acids is 2. The lowest BCUT2D eigenvalue weighted by Gasteiger charge is -1.95. The monoisotopic (exact) mass is 231 g/mol. The second-order valence-electron chi connectivity index (χ2n) is 3.47. The van der Waals surface area contributed by atoms with E-state index in [9.17, 15) is 14.4 Å². The van der Waals surface area contributed by atoms with Gasteiger partial charge in [0.15, 0.2) is 0 Å². The first kappa shape index (κ1) is 14.4. The number of aliphatic carboxylic acids is 1. The molecular weight excluding hydrogens is 214 g/mol. The largest absolute Gasteiger partial charge is 0.481 e. The molecule has 1 unspecified atom stereocenters. The van der Waals surface area contributed by atoms with Gasteiger partial charge in [-0.3, -0.25) is 14.4 Å². The van der Waals surface area contributed by atoms with E-state index in [-0.39, 0.29) is 18.9 Å². The Morgan fingerprint density at radius 3 is 2.69 bits per heavy atom. The summed E-state index contributed by atoms with van der Waals surface area (Å²) in [5.74, 6) is -0.669. The average molecular weight is 231 g/mol. The van der Waals surface area contributed by atoms with Crippen molar-refractivity contribution < 1.29 is 24.2 Å². The van der Waals surface area contributed by atoms with Crippen LogP contribution in [0.15, 0.2) is 0 Å². The summed E-state index contributed by atoms with van der Waals surface area (Å²) in [6.07, 6.45) is 2.17. The van der Waals surface area contributed by atoms with Crippen molar-refractivity contribution in [3.63, 3.8) is 0 Å². The van der Waals surface area contributed by atoms with Crippen LogP contribution in [0.3, 0.4) is 0 Å². The van der Waals surface area contributed by atoms with E-state index in [1.54, 1.807) is 0 Å². The molecule has 1 atom stereocenters. The fraction of sp³-hybridized carbons (Fsp3) is 0.700. The van der Waals surface area contributed by atoms with Crippen molar-refractivity contribution in [2.75, 3.05) is 6.61 Å². The van der Waals surface area contributed by atoms with E-state index in [0.29, 0.717) is 18.9 Å². The van der Waals surface area contributed by atoms with Gasteiger partial charge < -0.3 is 15.2 Å². The Morgan fingerprint density at radius 2 is 2.38 bits per heavy atom. The molecule has 1 aliphatic rings. The summed E-state index contributed by atoms with van der Waals surface area (Å²) in [5.41, 5.74) is 0. The Hall–Kier alpha value is -1.59. The number of carboxylic acid groups (broad SMARTS) is 1. The van der Waals surface area contributed by atoms with Crippen LogP contribution in [0.1, 0.15) is 32.6 Å². The Balaban J connectivity index is 0.000000288. The zero-order valence-corrected chi connectivity index (χ0v) is 9.27. The highest BCUT2D eigenvalue weighted by atomic mass is 16.5. The topological polar surface area (TPSA) is 92.7 Å². The van der Waals surface area contributed by atoms with Gasteiger partial charge >= 0.3 is 5.97 Å². The van der Waals surface area contributed by atoms with E-state index >= 15 is 0 Å². The number of carboxylic acids is 1. The van der Waals surface area contributed by atoms with E-state index in [0.717, 1.165) is 12.8 Å². The molecule has 1 aliphatic heterocycles. The smallest absolute Gasteiger partial charge is 0.303 e. The molecule has 0 aromatic heterocycles. The number of carbonyl (C=O) groups is 3. The molecule has 92 valence electrons. The van der Waals surface area contributed by atoms with E-state index in [2.05, 4.69) is 10.1 Å². The number of amides is 1. The van der Waals surface area contributed by atoms with Gasteiger partial charge in [0.1, 0.15) is 0 Å². The molecule has 6 nitrogen and oxygen atoms in total. The van der Waals surface area contributed by atoms with Crippen molar-refractivity contribution in [1.29, 1.82) is 0 Å². The highest BCUT2D eigenvalue weighted by Crippen LogP contribution is 2.03. The molecular formula is C10H17NO5. The maximum absolute atomic E-state index is 10.3. The van der Waals surface area contributed by atoms with Crippen LogP contribution >= 0.6 is 0 Å². The molecule has 0 aromatic rings. The summed E-state index contributed by atoms with van der Waals surface area (Å²) in [6.45, 7) is 2.52. The normalized spacial score (nSPS) is 18.1. The van der Waals surface area contributed by atoms with E-state index in [1.807, 2.05) is 6.92 Å². The van der Waals surface area contributed by atoms with Crippen molar-refractivity contribution in [2.24, 2.45) is 0 Å². The SMILES string of the molecule is CC1CCC(=O)N1.O=COCCCC(=O)O. The Morgan fingerprint density at radius 1 is 1.69 bits per heavy atom. The third-order valence-corrected chi connectivity index (χ3v) is 1.93. The fourth-order valence-electron chi connectivity index (χ4n) is 1.12. The van der Waals surface area contributed by atoms with Crippen LogP contribution in [0.4, 0.5) is 0 Å². The van der Waals surface area contributed by atoms with Gasteiger partial charge in [0.2, 0.25) is 5.91 Å². The predicted octanol–water partition coefficient (Wildman–Crippen LogP) is 0.309. The molecule has 0 aromatic carbocycles. The van der Waals surface area contributed by atoms with Crippen molar-refractivity contribution in [1.82, 2.24) is 5.32 Å². The third kappa shape index (κ3) is 8.98. The molecule has 6 heteroatoms. The van der Waals surface area contributed by atoms with Gasteiger partial charge in [0, 0.05) is 18.9 Å². The zero-order valence-electron chi connectivity index (χ0n) is 9.27. The van der Waals surface area contributed by atoms with Gasteiger partial charge in [-0.15, -0.1) is 0 Å². The van der Waals surface area contributed by atoms with Crippen molar-refractivity contribution >= 4 is 18.3 Å². The maximum Gasteiger partial charge on any atom is 0.303 e. The Kier molecular flexibility index (Phi) is 7.83. The van der Waals surface area contributed by atoms with Crippen molar-refractivity contribution in [2.45, 2.75) is 38.6 Å². The summed E-state index contributed by atoms with van der Waals surface area (Å²) in [4.78, 5) is 29.6. The summed E-state index contributed by atoms with van der Waals surface area (Å²) in [5, 5.41) is 10.8. The Labute approximate surface area is 94.0 Å². The lowest BCUT2D eigenvalue weighted by Crippen LogP contribution is -2.21. The minimum atomic E-state index is -0.871. The lowest BCUT2D eigenvalue weighted by atomic mass is 10.3. The average Bonchev–Trinajstić information content (AvgIpc) is 2.58. The quantitative estimate of drug-likeness (QED) is 0.524. The highest BCUT2D eigenvalue weighted by molar-refractivity contribution is 5.78. The minimum absolute atomic E-state index is 0.0494. The van der Waals surface area contributed by atoms with Crippen molar-refractivity contribution in [3.05, 3.63) is 0 Å². The number of hydrogen-bond acceptors (Lipinski definition) is 4. The van der Waals surface area contributed by atoms with Crippen LogP contribution in [-0.2, 0) is 19.1 Å². The van der Waals surface area contributed by atoms with Gasteiger partial charge in [-0.05, 0) is 19.8 Å². The molecule has 0 spiro atoms. The van der Waals surface area contributed by atoms with Gasteiger partial charge in [0.25, 0.3) is 6.47 Å². The standard InChI is InChI=1S/C5H9NO.C5H8O4/c1-4-2-3-5(7)6-4;6-4-9-3-1-2-5(7)8/h4H,2-3H2,1H3,(H,6,7);4H,1-3H2,(H,7,8).